The summed E-state index contributed by atoms with van der Waals surface area (Å²) < 4.78 is 54.3. The molecule has 0 fully saturated rings. The number of rotatable bonds is 6. The predicted octanol–water partition coefficient (Wildman–Crippen LogP) is 4.52. The van der Waals surface area contributed by atoms with E-state index in [4.69, 9.17) is 4.74 Å². The van der Waals surface area contributed by atoms with Crippen LogP contribution in [0.2, 0.25) is 0 Å². The number of ether oxygens (including phenoxy) is 1. The number of pyridine rings is 1. The van der Waals surface area contributed by atoms with Gasteiger partial charge < -0.3 is 9.26 Å². The molecule has 178 valence electrons. The van der Waals surface area contributed by atoms with Gasteiger partial charge >= 0.3 is 0 Å². The molecule has 4 rings (SSSR count). The van der Waals surface area contributed by atoms with Gasteiger partial charge in [0.1, 0.15) is 17.8 Å². The summed E-state index contributed by atoms with van der Waals surface area (Å²) >= 11 is 0. The first-order chi connectivity index (χ1) is 16.0. The van der Waals surface area contributed by atoms with Gasteiger partial charge in [-0.05, 0) is 47.7 Å². The molecule has 1 N–H and O–H groups in total. The van der Waals surface area contributed by atoms with Crippen LogP contribution in [-0.2, 0) is 16.4 Å². The molecule has 0 aliphatic carbocycles. The quantitative estimate of drug-likeness (QED) is 0.431. The van der Waals surface area contributed by atoms with Crippen molar-refractivity contribution in [2.24, 2.45) is 5.41 Å². The summed E-state index contributed by atoms with van der Waals surface area (Å²) in [5.41, 5.74) is 0.545. The minimum Gasteiger partial charge on any atom is -0.495 e. The molecule has 2 aromatic heterocycles. The van der Waals surface area contributed by atoms with Crippen molar-refractivity contribution in [3.8, 4) is 11.4 Å². The van der Waals surface area contributed by atoms with E-state index < -0.39 is 21.4 Å². The SMILES string of the molecule is COc1cc(CC(C)(C)C)c(F)cc1-n1c(=O)ccc2cc(S(=O)(=O)Nc3ccon3)ccc21. The molecule has 2 heterocycles. The Morgan fingerprint density at radius 1 is 1.12 bits per heavy atom. The first-order valence-corrected chi connectivity index (χ1v) is 11.9. The third-order valence-corrected chi connectivity index (χ3v) is 6.51. The van der Waals surface area contributed by atoms with Gasteiger partial charge in [0.2, 0.25) is 0 Å². The highest BCUT2D eigenvalue weighted by Crippen LogP contribution is 2.32. The molecule has 0 unspecified atom stereocenters. The molecule has 0 bridgehead atoms. The van der Waals surface area contributed by atoms with E-state index in [-0.39, 0.29) is 21.8 Å². The molecule has 8 nitrogen and oxygen atoms in total. The van der Waals surface area contributed by atoms with Crippen LogP contribution in [0.1, 0.15) is 26.3 Å². The number of nitrogens with one attached hydrogen (secondary N) is 1. The van der Waals surface area contributed by atoms with Crippen LogP contribution in [0.3, 0.4) is 0 Å². The number of fused-ring (bicyclic) bond motifs is 1. The smallest absolute Gasteiger partial charge is 0.263 e. The molecular weight excluding hydrogens is 461 g/mol. The minimum atomic E-state index is -3.95. The van der Waals surface area contributed by atoms with Crippen molar-refractivity contribution >= 4 is 26.7 Å². The molecule has 0 amide bonds. The Morgan fingerprint density at radius 2 is 1.88 bits per heavy atom. The van der Waals surface area contributed by atoms with E-state index in [2.05, 4.69) is 14.4 Å². The van der Waals surface area contributed by atoms with E-state index in [0.717, 1.165) is 0 Å². The zero-order valence-electron chi connectivity index (χ0n) is 19.1. The molecule has 0 aliphatic heterocycles. The Balaban J connectivity index is 1.85. The molecule has 34 heavy (non-hydrogen) atoms. The topological polar surface area (TPSA) is 103 Å². The number of aromatic nitrogens is 2. The van der Waals surface area contributed by atoms with E-state index in [1.54, 1.807) is 6.07 Å². The summed E-state index contributed by atoms with van der Waals surface area (Å²) in [6.45, 7) is 6.02. The first-order valence-electron chi connectivity index (χ1n) is 10.4. The number of anilines is 1. The van der Waals surface area contributed by atoms with Crippen LogP contribution in [0, 0.1) is 11.2 Å². The second-order valence-corrected chi connectivity index (χ2v) is 10.8. The molecule has 0 saturated heterocycles. The number of halogens is 1. The van der Waals surface area contributed by atoms with Crippen molar-refractivity contribution in [1.82, 2.24) is 9.72 Å². The highest BCUT2D eigenvalue weighted by Gasteiger charge is 2.21. The highest BCUT2D eigenvalue weighted by molar-refractivity contribution is 7.92. The summed E-state index contributed by atoms with van der Waals surface area (Å²) in [6.07, 6.45) is 1.73. The van der Waals surface area contributed by atoms with Gasteiger partial charge in [-0.15, -0.1) is 0 Å². The molecule has 0 atom stereocenters. The number of methoxy groups -OCH3 is 1. The summed E-state index contributed by atoms with van der Waals surface area (Å²) in [5, 5.41) is 4.01. The molecular formula is C24H24FN3O5S. The fourth-order valence-corrected chi connectivity index (χ4v) is 4.76. The number of nitrogens with zero attached hydrogens (tertiary/aromatic N) is 2. The molecule has 10 heteroatoms. The molecule has 4 aromatic rings. The monoisotopic (exact) mass is 485 g/mol. The lowest BCUT2D eigenvalue weighted by molar-refractivity contribution is 0.392. The molecule has 0 aliphatic rings. The van der Waals surface area contributed by atoms with E-state index in [1.165, 1.54) is 60.4 Å². The van der Waals surface area contributed by atoms with Gasteiger partial charge in [-0.1, -0.05) is 25.9 Å². The lowest BCUT2D eigenvalue weighted by atomic mass is 9.88. The van der Waals surface area contributed by atoms with Crippen molar-refractivity contribution in [1.29, 1.82) is 0 Å². The summed E-state index contributed by atoms with van der Waals surface area (Å²) in [5.74, 6) is -0.0779. The van der Waals surface area contributed by atoms with Crippen LogP contribution in [0.4, 0.5) is 10.2 Å². The summed E-state index contributed by atoms with van der Waals surface area (Å²) in [7, 11) is -2.50. The zero-order valence-corrected chi connectivity index (χ0v) is 19.9. The maximum Gasteiger partial charge on any atom is 0.263 e. The molecule has 0 saturated carbocycles. The van der Waals surface area contributed by atoms with Crippen molar-refractivity contribution < 1.29 is 22.1 Å². The van der Waals surface area contributed by atoms with E-state index in [0.29, 0.717) is 28.6 Å². The van der Waals surface area contributed by atoms with Gasteiger partial charge in [-0.2, -0.15) is 0 Å². The Morgan fingerprint density at radius 3 is 2.53 bits per heavy atom. The van der Waals surface area contributed by atoms with E-state index >= 15 is 4.39 Å². The Hall–Kier alpha value is -3.66. The van der Waals surface area contributed by atoms with Gasteiger partial charge in [0.15, 0.2) is 5.82 Å². The second-order valence-electron chi connectivity index (χ2n) is 9.07. The van der Waals surface area contributed by atoms with Crippen LogP contribution < -0.4 is 15.0 Å². The number of hydrogen-bond acceptors (Lipinski definition) is 6. The fourth-order valence-electron chi connectivity index (χ4n) is 3.73. The highest BCUT2D eigenvalue weighted by atomic mass is 32.2. The van der Waals surface area contributed by atoms with Crippen LogP contribution >= 0.6 is 0 Å². The molecule has 2 aromatic carbocycles. The van der Waals surface area contributed by atoms with Crippen LogP contribution in [-0.4, -0.2) is 25.3 Å². The largest absolute Gasteiger partial charge is 0.495 e. The van der Waals surface area contributed by atoms with Crippen molar-refractivity contribution in [2.75, 3.05) is 11.8 Å². The van der Waals surface area contributed by atoms with Crippen LogP contribution in [0.15, 0.2) is 69.0 Å². The van der Waals surface area contributed by atoms with Gasteiger partial charge in [0.05, 0.1) is 23.2 Å². The standard InChI is InChI=1S/C24H24FN3O5S/c1-24(2,3)14-16-12-21(32-4)20(13-18(16)25)28-19-7-6-17(11-15(19)5-8-23(28)29)34(30,31)27-22-9-10-33-26-22/h5-13H,14H2,1-4H3,(H,26,27). The van der Waals surface area contributed by atoms with Crippen LogP contribution in [0.25, 0.3) is 16.6 Å². The Bertz CT molecular complexity index is 1520. The third-order valence-electron chi connectivity index (χ3n) is 5.16. The van der Waals surface area contributed by atoms with Gasteiger partial charge in [0, 0.05) is 23.6 Å². The van der Waals surface area contributed by atoms with Crippen LogP contribution in [0.5, 0.6) is 5.75 Å². The number of hydrogen-bond donors (Lipinski definition) is 1. The predicted molar refractivity (Wildman–Crippen MR) is 127 cm³/mol. The second kappa shape index (κ2) is 8.60. The Kier molecular flexibility index (Phi) is 5.94. The Labute approximate surface area is 196 Å². The van der Waals surface area contributed by atoms with Gasteiger partial charge in [0.25, 0.3) is 15.6 Å². The van der Waals surface area contributed by atoms with Gasteiger partial charge in [-0.3, -0.25) is 14.1 Å². The average molecular weight is 486 g/mol. The molecule has 0 spiro atoms. The minimum absolute atomic E-state index is 0.0353. The van der Waals surface area contributed by atoms with E-state index in [1.807, 2.05) is 20.8 Å². The summed E-state index contributed by atoms with van der Waals surface area (Å²) in [4.78, 5) is 12.8. The number of sulfonamides is 1. The fraction of sp³-hybridized carbons (Fsp3) is 0.250. The van der Waals surface area contributed by atoms with Gasteiger partial charge in [-0.25, -0.2) is 12.8 Å². The van der Waals surface area contributed by atoms with Crippen molar-refractivity contribution in [2.45, 2.75) is 32.1 Å². The third kappa shape index (κ3) is 4.67. The average Bonchev–Trinajstić information content (AvgIpc) is 3.26. The summed E-state index contributed by atoms with van der Waals surface area (Å²) in [6, 6.07) is 11.3. The lowest BCUT2D eigenvalue weighted by Crippen LogP contribution is -2.19. The molecule has 0 radical (unpaired) electrons. The van der Waals surface area contributed by atoms with E-state index in [9.17, 15) is 13.2 Å². The normalized spacial score (nSPS) is 12.1. The maximum absolute atomic E-state index is 15.0. The maximum atomic E-state index is 15.0. The first kappa shape index (κ1) is 23.5. The van der Waals surface area contributed by atoms with Crippen molar-refractivity contribution in [3.63, 3.8) is 0 Å². The zero-order chi connectivity index (χ0) is 24.7. The number of benzene rings is 2. The lowest BCUT2D eigenvalue weighted by Gasteiger charge is -2.21. The van der Waals surface area contributed by atoms with Crippen molar-refractivity contribution in [3.05, 3.63) is 76.5 Å².